The summed E-state index contributed by atoms with van der Waals surface area (Å²) in [5.74, 6) is -3.04. The summed E-state index contributed by atoms with van der Waals surface area (Å²) in [6.45, 7) is 0. The van der Waals surface area contributed by atoms with Crippen LogP contribution in [-0.4, -0.2) is 28.7 Å². The Labute approximate surface area is 164 Å². The van der Waals surface area contributed by atoms with Gasteiger partial charge in [-0.25, -0.2) is 9.69 Å². The summed E-state index contributed by atoms with van der Waals surface area (Å²) in [6, 6.07) is 15.0. The van der Waals surface area contributed by atoms with Crippen molar-refractivity contribution < 1.29 is 29.4 Å². The third kappa shape index (κ3) is 3.04. The van der Waals surface area contributed by atoms with Crippen molar-refractivity contribution in [3.63, 3.8) is 0 Å². The van der Waals surface area contributed by atoms with Gasteiger partial charge >= 0.3 is 5.97 Å². The van der Waals surface area contributed by atoms with Gasteiger partial charge < -0.3 is 10.2 Å². The van der Waals surface area contributed by atoms with E-state index in [0.29, 0.717) is 0 Å². The van der Waals surface area contributed by atoms with Crippen LogP contribution in [0.4, 0.5) is 5.69 Å². The minimum absolute atomic E-state index is 0.0486. The monoisotopic (exact) mass is 386 g/mol. The van der Waals surface area contributed by atoms with Gasteiger partial charge in [-0.15, -0.1) is 5.75 Å². The van der Waals surface area contributed by atoms with Crippen LogP contribution < -0.4 is 10.0 Å². The van der Waals surface area contributed by atoms with Crippen molar-refractivity contribution in [1.82, 2.24) is 0 Å². The lowest BCUT2D eigenvalue weighted by molar-refractivity contribution is -0.268. The van der Waals surface area contributed by atoms with Crippen molar-refractivity contribution in [3.05, 3.63) is 94.5 Å². The van der Waals surface area contributed by atoms with Crippen molar-refractivity contribution >= 4 is 29.3 Å². The van der Waals surface area contributed by atoms with E-state index in [0.717, 1.165) is 4.90 Å². The molecule has 7 heteroatoms. The number of ketones is 1. The first kappa shape index (κ1) is 18.1. The van der Waals surface area contributed by atoms with Crippen LogP contribution in [-0.2, 0) is 0 Å². The summed E-state index contributed by atoms with van der Waals surface area (Å²) in [4.78, 5) is 50.0. The summed E-state index contributed by atoms with van der Waals surface area (Å²) in [7, 11) is 0. The molecule has 1 aliphatic rings. The normalized spacial score (nSPS) is 12.8. The predicted molar refractivity (Wildman–Crippen MR) is 100 cm³/mol. The Hall–Kier alpha value is -4.26. The molecule has 0 bridgehead atoms. The Bertz CT molecular complexity index is 1200. The number of aromatic carboxylic acids is 1. The van der Waals surface area contributed by atoms with Crippen molar-refractivity contribution in [2.45, 2.75) is 0 Å². The van der Waals surface area contributed by atoms with Crippen LogP contribution in [0.5, 0.6) is 5.75 Å². The molecule has 0 aliphatic carbocycles. The number of carboxylic acid groups (broad SMARTS) is 1. The molecule has 3 aromatic carbocycles. The van der Waals surface area contributed by atoms with E-state index in [9.17, 15) is 24.3 Å². The van der Waals surface area contributed by atoms with E-state index in [1.165, 1.54) is 66.7 Å². The molecule has 0 saturated heterocycles. The second kappa shape index (κ2) is 6.72. The van der Waals surface area contributed by atoms with Crippen LogP contribution >= 0.6 is 0 Å². The average Bonchev–Trinajstić information content (AvgIpc) is 2.97. The smallest absolute Gasteiger partial charge is 0.335 e. The number of rotatable bonds is 4. The van der Waals surface area contributed by atoms with Gasteiger partial charge in [-0.2, -0.15) is 0 Å². The Morgan fingerprint density at radius 3 is 2.03 bits per heavy atom. The number of nitrogens with zero attached hydrogens (tertiary/aromatic N) is 1. The number of carbonyl (C=O) groups excluding carboxylic acids is 3. The van der Waals surface area contributed by atoms with Crippen LogP contribution in [0, 0.1) is 0 Å². The molecule has 29 heavy (non-hydrogen) atoms. The summed E-state index contributed by atoms with van der Waals surface area (Å²) in [5.41, 5.74) is 0.867. The molecular formula is C22H12NO6-. The van der Waals surface area contributed by atoms with Crippen molar-refractivity contribution in [1.29, 1.82) is 0 Å². The Morgan fingerprint density at radius 1 is 0.759 bits per heavy atom. The number of fused-ring (bicyclic) bond motifs is 1. The topological polar surface area (TPSA) is 115 Å². The lowest BCUT2D eigenvalue weighted by Gasteiger charge is -2.16. The molecular weight excluding hydrogens is 374 g/mol. The molecule has 0 aromatic heterocycles. The molecule has 1 N–H and O–H groups in total. The molecule has 142 valence electrons. The van der Waals surface area contributed by atoms with Crippen LogP contribution in [0.25, 0.3) is 0 Å². The fourth-order valence-corrected chi connectivity index (χ4v) is 3.17. The maximum Gasteiger partial charge on any atom is 0.335 e. The van der Waals surface area contributed by atoms with E-state index in [1.54, 1.807) is 0 Å². The number of hydrogen-bond acceptors (Lipinski definition) is 5. The average molecular weight is 386 g/mol. The number of imide groups is 1. The molecule has 0 atom stereocenters. The summed E-state index contributed by atoms with van der Waals surface area (Å²) < 4.78 is 0. The highest BCUT2D eigenvalue weighted by atomic mass is 16.4. The standard InChI is InChI=1S/C22H13NO6/c24-16-3-1-2-15(11-16)23-20(26)17-9-8-14(10-18(17)21(23)27)19(25)12-4-6-13(7-5-12)22(28)29/h1-11,24H,(H,28,29)/p-1. The van der Waals surface area contributed by atoms with Gasteiger partial charge in [0.2, 0.25) is 0 Å². The molecule has 2 amide bonds. The summed E-state index contributed by atoms with van der Waals surface area (Å²) in [6.07, 6.45) is 0. The number of benzene rings is 3. The number of amides is 2. The van der Waals surface area contributed by atoms with Gasteiger partial charge in [-0.05, 0) is 36.4 Å². The van der Waals surface area contributed by atoms with E-state index < -0.39 is 23.6 Å². The first-order chi connectivity index (χ1) is 13.9. The molecule has 0 fully saturated rings. The number of carboxylic acids is 1. The third-order valence-corrected chi connectivity index (χ3v) is 4.62. The molecule has 0 spiro atoms. The van der Waals surface area contributed by atoms with Gasteiger partial charge in [0.25, 0.3) is 11.8 Å². The highest BCUT2D eigenvalue weighted by Gasteiger charge is 2.37. The van der Waals surface area contributed by atoms with Crippen LogP contribution in [0.1, 0.15) is 47.0 Å². The molecule has 0 saturated carbocycles. The van der Waals surface area contributed by atoms with Gasteiger partial charge in [0.05, 0.1) is 22.4 Å². The first-order valence-electron chi connectivity index (χ1n) is 8.55. The van der Waals surface area contributed by atoms with Gasteiger partial charge in [-0.1, -0.05) is 30.3 Å². The fraction of sp³-hybridized carbons (Fsp3) is 0. The quantitative estimate of drug-likeness (QED) is 0.544. The second-order valence-electron chi connectivity index (χ2n) is 6.42. The number of anilines is 1. The second-order valence-corrected chi connectivity index (χ2v) is 6.42. The summed E-state index contributed by atoms with van der Waals surface area (Å²) >= 11 is 0. The Morgan fingerprint density at radius 2 is 1.38 bits per heavy atom. The highest BCUT2D eigenvalue weighted by Crippen LogP contribution is 2.30. The minimum Gasteiger partial charge on any atom is -0.872 e. The van der Waals surface area contributed by atoms with Gasteiger partial charge in [-0.3, -0.25) is 14.4 Å². The molecule has 0 radical (unpaired) electrons. The van der Waals surface area contributed by atoms with Crippen molar-refractivity contribution in [2.24, 2.45) is 0 Å². The van der Waals surface area contributed by atoms with Crippen molar-refractivity contribution in [2.75, 3.05) is 4.90 Å². The highest BCUT2D eigenvalue weighted by molar-refractivity contribution is 6.35. The maximum absolute atomic E-state index is 12.8. The van der Waals surface area contributed by atoms with E-state index in [2.05, 4.69) is 0 Å². The van der Waals surface area contributed by atoms with Gasteiger partial charge in [0, 0.05) is 11.1 Å². The van der Waals surface area contributed by atoms with E-state index in [-0.39, 0.29) is 39.3 Å². The van der Waals surface area contributed by atoms with Crippen LogP contribution in [0.2, 0.25) is 0 Å². The third-order valence-electron chi connectivity index (χ3n) is 4.62. The number of carbonyl (C=O) groups is 4. The van der Waals surface area contributed by atoms with E-state index >= 15 is 0 Å². The zero-order chi connectivity index (χ0) is 20.7. The largest absolute Gasteiger partial charge is 0.872 e. The lowest BCUT2D eigenvalue weighted by Crippen LogP contribution is -2.29. The fourth-order valence-electron chi connectivity index (χ4n) is 3.17. The Kier molecular flexibility index (Phi) is 4.20. The maximum atomic E-state index is 12.8. The Balaban J connectivity index is 1.68. The van der Waals surface area contributed by atoms with Gasteiger partial charge in [0.1, 0.15) is 0 Å². The number of hydrogen-bond donors (Lipinski definition) is 1. The molecule has 4 rings (SSSR count). The van der Waals surface area contributed by atoms with Crippen molar-refractivity contribution in [3.8, 4) is 5.75 Å². The molecule has 7 nitrogen and oxygen atoms in total. The molecule has 1 aliphatic heterocycles. The van der Waals surface area contributed by atoms with Gasteiger partial charge in [0.15, 0.2) is 5.78 Å². The van der Waals surface area contributed by atoms with Crippen LogP contribution in [0.15, 0.2) is 66.7 Å². The first-order valence-corrected chi connectivity index (χ1v) is 8.55. The zero-order valence-electron chi connectivity index (χ0n) is 14.8. The van der Waals surface area contributed by atoms with E-state index in [4.69, 9.17) is 5.11 Å². The SMILES string of the molecule is O=C(O)c1ccc(C(=O)c2ccc3c(c2)C(=O)N(c2cccc([O-])c2)C3=O)cc1. The zero-order valence-corrected chi connectivity index (χ0v) is 14.8. The molecule has 0 unspecified atom stereocenters. The molecule has 1 heterocycles. The summed E-state index contributed by atoms with van der Waals surface area (Å²) in [5, 5.41) is 20.5. The minimum atomic E-state index is -1.10. The molecule has 3 aromatic rings. The van der Waals surface area contributed by atoms with Crippen LogP contribution in [0.3, 0.4) is 0 Å². The lowest BCUT2D eigenvalue weighted by atomic mass is 9.98. The predicted octanol–water partition coefficient (Wildman–Crippen LogP) is 2.49. The van der Waals surface area contributed by atoms with E-state index in [1.807, 2.05) is 0 Å².